The van der Waals surface area contributed by atoms with E-state index in [2.05, 4.69) is 9.88 Å². The molecule has 43 heavy (non-hydrogen) atoms. The number of nitrogens with zero attached hydrogens (tertiary/aromatic N) is 5. The molecular weight excluding hydrogens is 613 g/mol. The quantitative estimate of drug-likeness (QED) is 0.312. The number of hydrogen-bond acceptors (Lipinski definition) is 7. The molecule has 2 aromatic carbocycles. The van der Waals surface area contributed by atoms with Gasteiger partial charge in [0.1, 0.15) is 17.6 Å². The van der Waals surface area contributed by atoms with Gasteiger partial charge in [0.25, 0.3) is 0 Å². The van der Waals surface area contributed by atoms with E-state index >= 15 is 0 Å². The average molecular weight is 649 g/mol. The van der Waals surface area contributed by atoms with Crippen LogP contribution in [0, 0.1) is 0 Å². The number of aliphatic imine (C=N–C) groups is 1. The van der Waals surface area contributed by atoms with Crippen LogP contribution in [0.25, 0.3) is 0 Å². The third-order valence-corrected chi connectivity index (χ3v) is 7.93. The van der Waals surface area contributed by atoms with Crippen LogP contribution in [0.4, 0.5) is 4.79 Å². The molecule has 2 amide bonds. The van der Waals surface area contributed by atoms with E-state index in [1.807, 2.05) is 67.3 Å². The van der Waals surface area contributed by atoms with E-state index in [0.29, 0.717) is 79.0 Å². The van der Waals surface area contributed by atoms with Crippen molar-refractivity contribution in [3.8, 4) is 11.6 Å². The van der Waals surface area contributed by atoms with Gasteiger partial charge in [-0.25, -0.2) is 9.78 Å². The first-order chi connectivity index (χ1) is 20.4. The van der Waals surface area contributed by atoms with Crippen LogP contribution in [-0.2, 0) is 0 Å². The normalized spacial score (nSPS) is 18.7. The maximum atomic E-state index is 14.5. The smallest absolute Gasteiger partial charge is 0.326 e. The lowest BCUT2D eigenvalue weighted by Crippen LogP contribution is -2.54. The number of carbonyl (C=O) groups excluding carboxylic acids is 1. The molecule has 0 aliphatic carbocycles. The second kappa shape index (κ2) is 15.1. The molecule has 2 aliphatic rings. The largest absolute Gasteiger partial charge is 0.493 e. The number of β-amino-alcohol motifs (C(OH)–C–C–N with tert-alkyl or cyclic N) is 1. The maximum absolute atomic E-state index is 14.5. The van der Waals surface area contributed by atoms with Gasteiger partial charge in [-0.3, -0.25) is 14.8 Å². The number of aliphatic hydroxyl groups excluding tert-OH is 1. The first-order valence-electron chi connectivity index (χ1n) is 14.2. The number of amides is 2. The van der Waals surface area contributed by atoms with Crippen molar-refractivity contribution in [3.05, 3.63) is 87.5 Å². The van der Waals surface area contributed by atoms with Gasteiger partial charge >= 0.3 is 6.03 Å². The molecule has 0 saturated carbocycles. The minimum atomic E-state index is -0.470. The Balaban J connectivity index is 0.00000423. The molecule has 3 heterocycles. The standard InChI is InChI=1S/C31H35Cl2N5O4.ClH/c1-3-41-26-19-27(42-4-2)34-20-25(26)30-35-28(21-5-9-23(32)10-6-21)29(22-7-11-24(33)12-8-22)38(30)31(40)37-15-13-36(14-16-37)17-18-39;/h5-12,19-20,28-29,39H,3-4,13-18H2,1-2H3;1H/t28-,29+;/m0./s1. The monoisotopic (exact) mass is 647 g/mol. The fourth-order valence-electron chi connectivity index (χ4n) is 5.40. The third-order valence-electron chi connectivity index (χ3n) is 7.43. The molecule has 1 fully saturated rings. The Hall–Kier alpha value is -3.08. The lowest BCUT2D eigenvalue weighted by Gasteiger charge is -2.39. The summed E-state index contributed by atoms with van der Waals surface area (Å²) in [7, 11) is 0. The number of rotatable bonds is 9. The number of halogens is 3. The van der Waals surface area contributed by atoms with Crippen molar-refractivity contribution < 1.29 is 19.4 Å². The fraction of sp³-hybridized carbons (Fsp3) is 0.387. The Labute approximate surface area is 268 Å². The number of pyridine rings is 1. The number of aliphatic hydroxyl groups is 1. The summed E-state index contributed by atoms with van der Waals surface area (Å²) in [4.78, 5) is 30.0. The Kier molecular flexibility index (Phi) is 11.5. The first kappa shape index (κ1) is 32.8. The SMILES string of the molecule is CCOc1cc(OCC)c(C2=N[C@@H](c3ccc(Cl)cc3)[C@@H](c3ccc(Cl)cc3)N2C(=O)N2CCN(CCO)CC2)cn1.Cl. The predicted octanol–water partition coefficient (Wildman–Crippen LogP) is 5.88. The van der Waals surface area contributed by atoms with Gasteiger partial charge in [0.2, 0.25) is 5.88 Å². The Morgan fingerprint density at radius 1 is 0.930 bits per heavy atom. The molecule has 5 rings (SSSR count). The molecule has 0 bridgehead atoms. The summed E-state index contributed by atoms with van der Waals surface area (Å²) in [5.41, 5.74) is 2.40. The number of amidine groups is 1. The minimum Gasteiger partial charge on any atom is -0.493 e. The van der Waals surface area contributed by atoms with Gasteiger partial charge in [-0.05, 0) is 49.2 Å². The van der Waals surface area contributed by atoms with E-state index in [-0.39, 0.29) is 25.0 Å². The topological polar surface area (TPSA) is 90.7 Å². The van der Waals surface area contributed by atoms with Crippen LogP contribution < -0.4 is 9.47 Å². The molecule has 1 N–H and O–H groups in total. The molecule has 0 spiro atoms. The number of benzene rings is 2. The Morgan fingerprint density at radius 3 is 2.12 bits per heavy atom. The average Bonchev–Trinajstić information content (AvgIpc) is 3.39. The van der Waals surface area contributed by atoms with Gasteiger partial charge in [-0.1, -0.05) is 47.5 Å². The van der Waals surface area contributed by atoms with Crippen LogP contribution in [0.2, 0.25) is 10.0 Å². The van der Waals surface area contributed by atoms with Gasteiger partial charge < -0.3 is 19.5 Å². The summed E-state index contributed by atoms with van der Waals surface area (Å²) in [5, 5.41) is 10.6. The second-order valence-electron chi connectivity index (χ2n) is 10.0. The van der Waals surface area contributed by atoms with Crippen molar-refractivity contribution in [1.29, 1.82) is 0 Å². The highest BCUT2D eigenvalue weighted by Crippen LogP contribution is 2.45. The molecule has 230 valence electrons. The van der Waals surface area contributed by atoms with E-state index < -0.39 is 12.1 Å². The van der Waals surface area contributed by atoms with E-state index in [1.54, 1.807) is 17.2 Å². The van der Waals surface area contributed by atoms with Crippen molar-refractivity contribution in [3.63, 3.8) is 0 Å². The van der Waals surface area contributed by atoms with E-state index in [0.717, 1.165) is 11.1 Å². The van der Waals surface area contributed by atoms with Gasteiger partial charge in [-0.15, -0.1) is 12.4 Å². The minimum absolute atomic E-state index is 0. The van der Waals surface area contributed by atoms with Gasteiger partial charge in [0.05, 0.1) is 31.4 Å². The molecule has 9 nitrogen and oxygen atoms in total. The zero-order valence-corrected chi connectivity index (χ0v) is 26.5. The molecule has 1 saturated heterocycles. The van der Waals surface area contributed by atoms with E-state index in [9.17, 15) is 9.90 Å². The molecule has 0 radical (unpaired) electrons. The summed E-state index contributed by atoms with van der Waals surface area (Å²) in [6.45, 7) is 7.75. The van der Waals surface area contributed by atoms with Crippen LogP contribution >= 0.6 is 35.6 Å². The van der Waals surface area contributed by atoms with Crippen LogP contribution in [0.5, 0.6) is 11.6 Å². The summed E-state index contributed by atoms with van der Waals surface area (Å²) in [5.74, 6) is 1.44. The van der Waals surface area contributed by atoms with Gasteiger partial charge in [-0.2, -0.15) is 0 Å². The van der Waals surface area contributed by atoms with Crippen LogP contribution in [0.3, 0.4) is 0 Å². The van der Waals surface area contributed by atoms with Crippen molar-refractivity contribution >= 4 is 47.5 Å². The highest BCUT2D eigenvalue weighted by Gasteiger charge is 2.45. The molecular formula is C31H36Cl3N5O4. The van der Waals surface area contributed by atoms with E-state index in [4.69, 9.17) is 37.7 Å². The van der Waals surface area contributed by atoms with Gasteiger partial charge in [0.15, 0.2) is 0 Å². The molecule has 0 unspecified atom stereocenters. The number of carbonyl (C=O) groups is 1. The van der Waals surface area contributed by atoms with Crippen LogP contribution in [0.15, 0.2) is 65.8 Å². The molecule has 1 aromatic heterocycles. The zero-order chi connectivity index (χ0) is 29.6. The van der Waals surface area contributed by atoms with Crippen LogP contribution in [-0.4, -0.2) is 89.2 Å². The van der Waals surface area contributed by atoms with E-state index in [1.165, 1.54) is 0 Å². The number of hydrogen-bond donors (Lipinski definition) is 1. The molecule has 12 heteroatoms. The lowest BCUT2D eigenvalue weighted by molar-refractivity contribution is 0.108. The van der Waals surface area contributed by atoms with Crippen molar-refractivity contribution in [2.24, 2.45) is 4.99 Å². The van der Waals surface area contributed by atoms with Crippen molar-refractivity contribution in [2.45, 2.75) is 25.9 Å². The van der Waals surface area contributed by atoms with Crippen molar-refractivity contribution in [1.82, 2.24) is 19.7 Å². The third kappa shape index (κ3) is 7.36. The predicted molar refractivity (Wildman–Crippen MR) is 171 cm³/mol. The van der Waals surface area contributed by atoms with Gasteiger partial charge in [0, 0.05) is 55.0 Å². The second-order valence-corrected chi connectivity index (χ2v) is 10.9. The Bertz CT molecular complexity index is 1400. The summed E-state index contributed by atoms with van der Waals surface area (Å²) in [6.07, 6.45) is 1.66. The number of piperazine rings is 1. The highest BCUT2D eigenvalue weighted by molar-refractivity contribution is 6.30. The maximum Gasteiger partial charge on any atom is 0.326 e. The summed E-state index contributed by atoms with van der Waals surface area (Å²) in [6, 6.07) is 15.8. The van der Waals surface area contributed by atoms with Crippen molar-refractivity contribution in [2.75, 3.05) is 52.5 Å². The molecule has 2 atom stereocenters. The summed E-state index contributed by atoms with van der Waals surface area (Å²) >= 11 is 12.5. The lowest BCUT2D eigenvalue weighted by atomic mass is 9.93. The Morgan fingerprint density at radius 2 is 1.53 bits per heavy atom. The molecule has 3 aromatic rings. The number of ether oxygens (including phenoxy) is 2. The summed E-state index contributed by atoms with van der Waals surface area (Å²) < 4.78 is 11.7. The number of urea groups is 1. The molecule has 2 aliphatic heterocycles. The first-order valence-corrected chi connectivity index (χ1v) is 14.9. The highest BCUT2D eigenvalue weighted by atomic mass is 35.5. The fourth-order valence-corrected chi connectivity index (χ4v) is 5.65. The van der Waals surface area contributed by atoms with Crippen LogP contribution in [0.1, 0.15) is 42.6 Å². The number of aromatic nitrogens is 1. The zero-order valence-electron chi connectivity index (χ0n) is 24.2.